The number of nitrogens with one attached hydrogen (secondary N) is 1. The molecule has 1 aliphatic rings. The molecule has 5 rings (SSSR count). The van der Waals surface area contributed by atoms with E-state index in [4.69, 9.17) is 9.15 Å². The van der Waals surface area contributed by atoms with E-state index in [2.05, 4.69) is 10.3 Å². The minimum absolute atomic E-state index is 0.226. The highest BCUT2D eigenvalue weighted by atomic mass is 16.5. The molecule has 0 aliphatic heterocycles. The molecule has 6 heteroatoms. The molecule has 29 heavy (non-hydrogen) atoms. The van der Waals surface area contributed by atoms with Gasteiger partial charge < -0.3 is 14.5 Å². The predicted molar refractivity (Wildman–Crippen MR) is 108 cm³/mol. The molecule has 0 unspecified atom stereocenters. The fourth-order valence-electron chi connectivity index (χ4n) is 3.38. The Kier molecular flexibility index (Phi) is 4.24. The molecule has 6 nitrogen and oxygen atoms in total. The van der Waals surface area contributed by atoms with Crippen molar-refractivity contribution >= 4 is 33.7 Å². The van der Waals surface area contributed by atoms with Crippen molar-refractivity contribution < 1.29 is 18.7 Å². The minimum Gasteiger partial charge on any atom is -0.452 e. The topological polar surface area (TPSA) is 81.4 Å². The van der Waals surface area contributed by atoms with Gasteiger partial charge in [-0.2, -0.15) is 0 Å². The van der Waals surface area contributed by atoms with Gasteiger partial charge >= 0.3 is 5.97 Å². The van der Waals surface area contributed by atoms with Crippen LogP contribution in [0.5, 0.6) is 0 Å². The number of benzene rings is 3. The number of esters is 1. The molecule has 0 bridgehead atoms. The van der Waals surface area contributed by atoms with Crippen molar-refractivity contribution in [3.05, 3.63) is 66.2 Å². The van der Waals surface area contributed by atoms with E-state index in [1.807, 2.05) is 48.5 Å². The molecular weight excluding hydrogens is 368 g/mol. The van der Waals surface area contributed by atoms with Crippen LogP contribution in [0.4, 0.5) is 0 Å². The second-order valence-corrected chi connectivity index (χ2v) is 7.11. The van der Waals surface area contributed by atoms with Gasteiger partial charge in [0.25, 0.3) is 5.91 Å². The van der Waals surface area contributed by atoms with Crippen molar-refractivity contribution in [2.75, 3.05) is 6.61 Å². The normalized spacial score (nSPS) is 13.5. The summed E-state index contributed by atoms with van der Waals surface area (Å²) in [5.74, 6) is -0.395. The smallest absolute Gasteiger partial charge is 0.339 e. The Hall–Kier alpha value is -3.67. The summed E-state index contributed by atoms with van der Waals surface area (Å²) < 4.78 is 11.2. The van der Waals surface area contributed by atoms with Gasteiger partial charge in [0.15, 0.2) is 12.2 Å². The number of fused-ring (bicyclic) bond motifs is 2. The zero-order valence-corrected chi connectivity index (χ0v) is 15.6. The Labute approximate surface area is 166 Å². The predicted octanol–water partition coefficient (Wildman–Crippen LogP) is 4.08. The lowest BCUT2D eigenvalue weighted by Crippen LogP contribution is -2.30. The summed E-state index contributed by atoms with van der Waals surface area (Å²) in [6.07, 6.45) is 1.97. The van der Waals surface area contributed by atoms with E-state index in [9.17, 15) is 9.59 Å². The Bertz CT molecular complexity index is 1200. The van der Waals surface area contributed by atoms with Crippen LogP contribution in [0.3, 0.4) is 0 Å². The highest BCUT2D eigenvalue weighted by Crippen LogP contribution is 2.33. The standard InChI is InChI=1S/C23H18N2O4/c26-20(24-15-11-12-15)13-28-23(27)17-8-4-6-14-5-3-7-16(21(14)17)22-25-18-9-1-2-10-19(18)29-22/h1-10,15H,11-13H2,(H,24,26). The largest absolute Gasteiger partial charge is 0.452 e. The van der Waals surface area contributed by atoms with E-state index in [1.54, 1.807) is 12.1 Å². The maximum absolute atomic E-state index is 12.8. The summed E-state index contributed by atoms with van der Waals surface area (Å²) in [5.41, 5.74) is 2.50. The van der Waals surface area contributed by atoms with Gasteiger partial charge in [-0.3, -0.25) is 4.79 Å². The van der Waals surface area contributed by atoms with Crippen LogP contribution in [0.15, 0.2) is 65.1 Å². The molecule has 4 aromatic rings. The van der Waals surface area contributed by atoms with Crippen molar-refractivity contribution in [2.45, 2.75) is 18.9 Å². The lowest BCUT2D eigenvalue weighted by molar-refractivity contribution is -0.124. The van der Waals surface area contributed by atoms with Gasteiger partial charge in [0.2, 0.25) is 5.89 Å². The van der Waals surface area contributed by atoms with Gasteiger partial charge in [-0.05, 0) is 42.5 Å². The molecule has 1 aromatic heterocycles. The molecule has 0 spiro atoms. The Morgan fingerprint density at radius 2 is 1.83 bits per heavy atom. The first kappa shape index (κ1) is 17.4. The lowest BCUT2D eigenvalue weighted by atomic mass is 9.99. The van der Waals surface area contributed by atoms with Crippen molar-refractivity contribution in [1.82, 2.24) is 10.3 Å². The second-order valence-electron chi connectivity index (χ2n) is 7.11. The second kappa shape index (κ2) is 7.05. The van der Waals surface area contributed by atoms with Crippen LogP contribution in [-0.4, -0.2) is 29.5 Å². The van der Waals surface area contributed by atoms with Gasteiger partial charge in [-0.1, -0.05) is 36.4 Å². The van der Waals surface area contributed by atoms with Gasteiger partial charge in [0.05, 0.1) is 5.56 Å². The first-order valence-electron chi connectivity index (χ1n) is 9.53. The summed E-state index contributed by atoms with van der Waals surface area (Å²) in [7, 11) is 0. The molecule has 1 amide bonds. The number of rotatable bonds is 5. The third-order valence-corrected chi connectivity index (χ3v) is 4.93. The van der Waals surface area contributed by atoms with Gasteiger partial charge in [0, 0.05) is 17.0 Å². The van der Waals surface area contributed by atoms with Crippen molar-refractivity contribution in [1.29, 1.82) is 0 Å². The van der Waals surface area contributed by atoms with Gasteiger partial charge in [-0.25, -0.2) is 9.78 Å². The van der Waals surface area contributed by atoms with Gasteiger partial charge in [-0.15, -0.1) is 0 Å². The van der Waals surface area contributed by atoms with Crippen LogP contribution in [0, 0.1) is 0 Å². The highest BCUT2D eigenvalue weighted by Gasteiger charge is 2.24. The number of hydrogen-bond acceptors (Lipinski definition) is 5. The molecule has 1 fully saturated rings. The average Bonchev–Trinajstić information content (AvgIpc) is 3.45. The van der Waals surface area contributed by atoms with Crippen LogP contribution in [-0.2, 0) is 9.53 Å². The average molecular weight is 386 g/mol. The van der Waals surface area contributed by atoms with E-state index in [1.165, 1.54) is 0 Å². The molecule has 3 aromatic carbocycles. The first-order chi connectivity index (χ1) is 14.2. The van der Waals surface area contributed by atoms with E-state index >= 15 is 0 Å². The number of ether oxygens (including phenoxy) is 1. The number of hydrogen-bond donors (Lipinski definition) is 1. The fourth-order valence-corrected chi connectivity index (χ4v) is 3.38. The van der Waals surface area contributed by atoms with Crippen LogP contribution in [0.2, 0.25) is 0 Å². The number of amides is 1. The van der Waals surface area contributed by atoms with Crippen LogP contribution in [0.1, 0.15) is 23.2 Å². The molecule has 0 atom stereocenters. The summed E-state index contributed by atoms with van der Waals surface area (Å²) in [5, 5.41) is 4.36. The maximum atomic E-state index is 12.8. The summed E-state index contributed by atoms with van der Waals surface area (Å²) in [6.45, 7) is -0.295. The number of aromatic nitrogens is 1. The van der Waals surface area contributed by atoms with E-state index in [0.717, 1.165) is 23.7 Å². The molecule has 0 radical (unpaired) electrons. The number of carbonyl (C=O) groups is 2. The Balaban J connectivity index is 1.52. The van der Waals surface area contributed by atoms with E-state index in [0.29, 0.717) is 28.0 Å². The maximum Gasteiger partial charge on any atom is 0.339 e. The summed E-state index contributed by atoms with van der Waals surface area (Å²) >= 11 is 0. The van der Waals surface area contributed by atoms with E-state index < -0.39 is 5.97 Å². The highest BCUT2D eigenvalue weighted by molar-refractivity contribution is 6.10. The first-order valence-corrected chi connectivity index (χ1v) is 9.53. The zero-order chi connectivity index (χ0) is 19.8. The molecule has 0 saturated heterocycles. The molecular formula is C23H18N2O4. The Morgan fingerprint density at radius 1 is 1.03 bits per heavy atom. The molecule has 144 valence electrons. The zero-order valence-electron chi connectivity index (χ0n) is 15.6. The van der Waals surface area contributed by atoms with Crippen molar-refractivity contribution in [2.24, 2.45) is 0 Å². The van der Waals surface area contributed by atoms with Gasteiger partial charge in [0.1, 0.15) is 5.52 Å². The summed E-state index contributed by atoms with van der Waals surface area (Å²) in [6, 6.07) is 18.8. The SMILES string of the molecule is O=C(COC(=O)c1cccc2cccc(-c3nc4ccccc4o3)c12)NC1CC1. The quantitative estimate of drug-likeness (QED) is 0.523. The van der Waals surface area contributed by atoms with Crippen molar-refractivity contribution in [3.8, 4) is 11.5 Å². The van der Waals surface area contributed by atoms with Crippen LogP contribution < -0.4 is 5.32 Å². The summed E-state index contributed by atoms with van der Waals surface area (Å²) in [4.78, 5) is 29.2. The van der Waals surface area contributed by atoms with E-state index in [-0.39, 0.29) is 18.6 Å². The fraction of sp³-hybridized carbons (Fsp3) is 0.174. The molecule has 1 N–H and O–H groups in total. The number of carbonyl (C=O) groups excluding carboxylic acids is 2. The number of para-hydroxylation sites is 2. The lowest BCUT2D eigenvalue weighted by Gasteiger charge is -2.10. The Morgan fingerprint density at radius 3 is 2.62 bits per heavy atom. The molecule has 1 aliphatic carbocycles. The monoisotopic (exact) mass is 386 g/mol. The number of oxazole rings is 1. The van der Waals surface area contributed by atoms with Crippen LogP contribution in [0.25, 0.3) is 33.3 Å². The minimum atomic E-state index is -0.551. The third-order valence-electron chi connectivity index (χ3n) is 4.93. The van der Waals surface area contributed by atoms with Crippen molar-refractivity contribution in [3.63, 3.8) is 0 Å². The van der Waals surface area contributed by atoms with Crippen LogP contribution >= 0.6 is 0 Å². The number of nitrogens with zero attached hydrogens (tertiary/aromatic N) is 1. The molecule has 1 saturated carbocycles. The third kappa shape index (κ3) is 3.45. The molecule has 1 heterocycles.